The molecule has 3 amide bonds. The number of amides is 3. The van der Waals surface area contributed by atoms with E-state index in [2.05, 4.69) is 10.3 Å². The van der Waals surface area contributed by atoms with Crippen molar-refractivity contribution in [3.05, 3.63) is 82.1 Å². The summed E-state index contributed by atoms with van der Waals surface area (Å²) in [7, 11) is 0. The summed E-state index contributed by atoms with van der Waals surface area (Å²) in [6.07, 6.45) is 1.42. The van der Waals surface area contributed by atoms with Crippen LogP contribution in [0.2, 0.25) is 0 Å². The highest BCUT2D eigenvalue weighted by atomic mass is 32.1. The molecule has 1 aliphatic rings. The van der Waals surface area contributed by atoms with E-state index in [-0.39, 0.29) is 37.0 Å². The number of hydrogen-bond donors (Lipinski definition) is 1. The number of aromatic nitrogens is 1. The smallest absolute Gasteiger partial charge is 0.261 e. The predicted octanol–water partition coefficient (Wildman–Crippen LogP) is 3.68. The zero-order valence-corrected chi connectivity index (χ0v) is 16.9. The van der Waals surface area contributed by atoms with Gasteiger partial charge in [-0.05, 0) is 36.4 Å². The average molecular weight is 437 g/mol. The molecule has 7 nitrogen and oxygen atoms in total. The van der Waals surface area contributed by atoms with Crippen molar-refractivity contribution < 1.29 is 23.6 Å². The van der Waals surface area contributed by atoms with Crippen molar-refractivity contribution in [1.82, 2.24) is 9.88 Å². The number of imide groups is 1. The summed E-state index contributed by atoms with van der Waals surface area (Å²) < 4.78 is 12.9. The number of ketones is 1. The summed E-state index contributed by atoms with van der Waals surface area (Å²) in [6.45, 7) is 0.0585. The van der Waals surface area contributed by atoms with Gasteiger partial charge < -0.3 is 5.32 Å². The molecule has 0 saturated heterocycles. The van der Waals surface area contributed by atoms with E-state index in [1.165, 1.54) is 30.5 Å². The number of fused-ring (bicyclic) bond motifs is 1. The lowest BCUT2D eigenvalue weighted by molar-refractivity contribution is -0.116. The van der Waals surface area contributed by atoms with Crippen molar-refractivity contribution in [1.29, 1.82) is 0 Å². The van der Waals surface area contributed by atoms with Crippen LogP contribution in [-0.2, 0) is 11.3 Å². The third-order valence-corrected chi connectivity index (χ3v) is 5.63. The number of rotatable bonds is 7. The summed E-state index contributed by atoms with van der Waals surface area (Å²) >= 11 is 1.15. The van der Waals surface area contributed by atoms with Crippen LogP contribution in [0.4, 0.5) is 9.52 Å². The quantitative estimate of drug-likeness (QED) is 0.449. The Morgan fingerprint density at radius 1 is 0.968 bits per heavy atom. The number of Topliss-reactive ketones (excluding diaryl/α,β-unsaturated/α-hetero) is 1. The lowest BCUT2D eigenvalue weighted by atomic mass is 10.1. The van der Waals surface area contributed by atoms with E-state index in [1.54, 1.807) is 24.3 Å². The average Bonchev–Trinajstić information content (AvgIpc) is 3.31. The second kappa shape index (κ2) is 8.57. The molecule has 0 fully saturated rings. The maximum atomic E-state index is 12.9. The largest absolute Gasteiger partial charge is 0.302 e. The Balaban J connectivity index is 1.31. The van der Waals surface area contributed by atoms with Gasteiger partial charge in [0.1, 0.15) is 5.82 Å². The van der Waals surface area contributed by atoms with Crippen LogP contribution < -0.4 is 5.32 Å². The fourth-order valence-electron chi connectivity index (χ4n) is 3.17. The Hall–Kier alpha value is -3.72. The summed E-state index contributed by atoms with van der Waals surface area (Å²) in [5.41, 5.74) is 1.08. The van der Waals surface area contributed by atoms with Crippen molar-refractivity contribution in [3.63, 3.8) is 0 Å². The minimum atomic E-state index is -0.435. The SMILES string of the molecule is O=C(CCC(=O)c1ccc(F)cc1)Nc1ncc(CN2C(=O)c3ccccc3C2=O)s1. The highest BCUT2D eigenvalue weighted by molar-refractivity contribution is 7.15. The zero-order chi connectivity index (χ0) is 22.0. The second-order valence-electron chi connectivity index (χ2n) is 6.85. The number of thiazole rings is 1. The van der Waals surface area contributed by atoms with E-state index in [9.17, 15) is 23.6 Å². The lowest BCUT2D eigenvalue weighted by Gasteiger charge is -2.11. The third-order valence-electron chi connectivity index (χ3n) is 4.74. The van der Waals surface area contributed by atoms with Gasteiger partial charge in [0.25, 0.3) is 11.8 Å². The highest BCUT2D eigenvalue weighted by Gasteiger charge is 2.35. The first-order valence-electron chi connectivity index (χ1n) is 9.41. The summed E-state index contributed by atoms with van der Waals surface area (Å²) in [5, 5.41) is 2.92. The Bertz CT molecular complexity index is 1150. The summed E-state index contributed by atoms with van der Waals surface area (Å²) in [5.74, 6) is -1.81. The monoisotopic (exact) mass is 437 g/mol. The molecular weight excluding hydrogens is 421 g/mol. The molecule has 0 radical (unpaired) electrons. The molecule has 4 rings (SSSR count). The molecule has 0 spiro atoms. The lowest BCUT2D eigenvalue weighted by Crippen LogP contribution is -2.28. The molecule has 0 atom stereocenters. The van der Waals surface area contributed by atoms with Crippen molar-refractivity contribution >= 4 is 40.0 Å². The fourth-order valence-corrected chi connectivity index (χ4v) is 3.98. The van der Waals surface area contributed by atoms with E-state index in [0.717, 1.165) is 16.2 Å². The van der Waals surface area contributed by atoms with Gasteiger partial charge in [-0.25, -0.2) is 9.37 Å². The highest BCUT2D eigenvalue weighted by Crippen LogP contribution is 2.27. The summed E-state index contributed by atoms with van der Waals surface area (Å²) in [6, 6.07) is 11.8. The van der Waals surface area contributed by atoms with Crippen molar-refractivity contribution in [2.75, 3.05) is 5.32 Å². The van der Waals surface area contributed by atoms with E-state index >= 15 is 0 Å². The zero-order valence-electron chi connectivity index (χ0n) is 16.1. The second-order valence-corrected chi connectivity index (χ2v) is 7.97. The molecule has 1 aromatic heterocycles. The molecule has 1 aliphatic heterocycles. The van der Waals surface area contributed by atoms with Gasteiger partial charge in [-0.3, -0.25) is 24.1 Å². The number of carbonyl (C=O) groups excluding carboxylic acids is 4. The molecule has 2 aromatic carbocycles. The number of benzene rings is 2. The molecule has 1 N–H and O–H groups in total. The molecule has 0 bridgehead atoms. The van der Waals surface area contributed by atoms with Gasteiger partial charge in [-0.1, -0.05) is 23.5 Å². The van der Waals surface area contributed by atoms with E-state index in [1.807, 2.05) is 0 Å². The van der Waals surface area contributed by atoms with Gasteiger partial charge in [-0.15, -0.1) is 0 Å². The molecule has 3 aromatic rings. The predicted molar refractivity (Wildman–Crippen MR) is 111 cm³/mol. The van der Waals surface area contributed by atoms with Crippen LogP contribution in [0.15, 0.2) is 54.7 Å². The molecule has 0 aliphatic carbocycles. The molecular formula is C22H16FN3O4S. The number of hydrogen-bond acceptors (Lipinski definition) is 6. The first kappa shape index (κ1) is 20.5. The molecule has 31 heavy (non-hydrogen) atoms. The minimum absolute atomic E-state index is 0.0231. The summed E-state index contributed by atoms with van der Waals surface area (Å²) in [4.78, 5) is 55.0. The Morgan fingerprint density at radius 3 is 2.26 bits per heavy atom. The standard InChI is InChI=1S/C22H16FN3O4S/c23-14-7-5-13(6-8-14)18(27)9-10-19(28)25-22-24-11-15(31-22)12-26-20(29)16-3-1-2-4-17(16)21(26)30/h1-8,11H,9-10,12H2,(H,24,25,28). The van der Waals surface area contributed by atoms with Gasteiger partial charge in [0.15, 0.2) is 10.9 Å². The molecule has 0 unspecified atom stereocenters. The molecule has 156 valence electrons. The van der Waals surface area contributed by atoms with Gasteiger partial charge in [0, 0.05) is 29.5 Å². The van der Waals surface area contributed by atoms with Gasteiger partial charge >= 0.3 is 0 Å². The maximum absolute atomic E-state index is 12.9. The van der Waals surface area contributed by atoms with Crippen LogP contribution in [0.25, 0.3) is 0 Å². The van der Waals surface area contributed by atoms with Crippen LogP contribution in [0, 0.1) is 5.82 Å². The first-order chi connectivity index (χ1) is 14.9. The minimum Gasteiger partial charge on any atom is -0.302 e. The number of halogens is 1. The van der Waals surface area contributed by atoms with Crippen LogP contribution in [-0.4, -0.2) is 33.4 Å². The van der Waals surface area contributed by atoms with Gasteiger partial charge in [0.2, 0.25) is 5.91 Å². The fraction of sp³-hybridized carbons (Fsp3) is 0.136. The van der Waals surface area contributed by atoms with Crippen LogP contribution in [0.3, 0.4) is 0 Å². The number of nitrogens with zero attached hydrogens (tertiary/aromatic N) is 2. The first-order valence-corrected chi connectivity index (χ1v) is 10.2. The Morgan fingerprint density at radius 2 is 1.61 bits per heavy atom. The van der Waals surface area contributed by atoms with Crippen molar-refractivity contribution in [2.24, 2.45) is 0 Å². The molecule has 0 saturated carbocycles. The van der Waals surface area contributed by atoms with Gasteiger partial charge in [-0.2, -0.15) is 0 Å². The van der Waals surface area contributed by atoms with E-state index < -0.39 is 11.7 Å². The third kappa shape index (κ3) is 4.41. The van der Waals surface area contributed by atoms with Crippen LogP contribution in [0.1, 0.15) is 48.8 Å². The van der Waals surface area contributed by atoms with E-state index in [4.69, 9.17) is 0 Å². The Labute approximate surface area is 180 Å². The van der Waals surface area contributed by atoms with Crippen molar-refractivity contribution in [2.45, 2.75) is 19.4 Å². The van der Waals surface area contributed by atoms with Crippen LogP contribution in [0.5, 0.6) is 0 Å². The number of carbonyl (C=O) groups is 4. The van der Waals surface area contributed by atoms with Crippen LogP contribution >= 0.6 is 11.3 Å². The normalized spacial score (nSPS) is 12.7. The molecule has 9 heteroatoms. The maximum Gasteiger partial charge on any atom is 0.261 e. The molecule has 2 heterocycles. The topological polar surface area (TPSA) is 96.4 Å². The number of anilines is 1. The van der Waals surface area contributed by atoms with E-state index in [0.29, 0.717) is 26.7 Å². The van der Waals surface area contributed by atoms with Gasteiger partial charge in [0.05, 0.1) is 17.7 Å². The Kier molecular flexibility index (Phi) is 5.68. The number of nitrogens with one attached hydrogen (secondary N) is 1. The van der Waals surface area contributed by atoms with Crippen molar-refractivity contribution in [3.8, 4) is 0 Å².